The summed E-state index contributed by atoms with van der Waals surface area (Å²) in [6, 6.07) is 4.57. The molecule has 0 saturated carbocycles. The average molecular weight is 488 g/mol. The number of nitrogens with zero attached hydrogens (tertiary/aromatic N) is 4. The van der Waals surface area contributed by atoms with E-state index >= 15 is 0 Å². The topological polar surface area (TPSA) is 76.6 Å². The van der Waals surface area contributed by atoms with E-state index in [9.17, 15) is 4.79 Å². The minimum Gasteiger partial charge on any atom is -0.346 e. The molecular weight excluding hydrogens is 459 g/mol. The van der Waals surface area contributed by atoms with Crippen LogP contribution in [-0.2, 0) is 4.79 Å². The predicted molar refractivity (Wildman–Crippen MR) is 131 cm³/mol. The number of aliphatic imine (C=N–C) groups is 1. The zero-order valence-corrected chi connectivity index (χ0v) is 19.7. The summed E-state index contributed by atoms with van der Waals surface area (Å²) in [7, 11) is 0. The summed E-state index contributed by atoms with van der Waals surface area (Å²) in [5, 5.41) is 3.95. The Morgan fingerprint density at radius 1 is 1.03 bits per heavy atom. The molecule has 31 heavy (non-hydrogen) atoms. The van der Waals surface area contributed by atoms with E-state index in [1.54, 1.807) is 6.20 Å². The Kier molecular flexibility index (Phi) is 9.18. The Bertz CT molecular complexity index is 945. The van der Waals surface area contributed by atoms with Gasteiger partial charge in [0.2, 0.25) is 5.96 Å². The SMILES string of the molecule is Cl.Cl.Cl.O=C1NC(N2CCC(N3CCCCC3)CC2)=NC1=Cc1c[nH]c2ncccc12. The van der Waals surface area contributed by atoms with Crippen LogP contribution in [0.2, 0.25) is 0 Å². The van der Waals surface area contributed by atoms with Crippen molar-refractivity contribution in [2.24, 2.45) is 4.99 Å². The fourth-order valence-electron chi connectivity index (χ4n) is 4.58. The highest BCUT2D eigenvalue weighted by Crippen LogP contribution is 2.23. The highest BCUT2D eigenvalue weighted by atomic mass is 35.5. The second-order valence-corrected chi connectivity index (χ2v) is 7.88. The molecular formula is C21H29Cl3N6O. The van der Waals surface area contributed by atoms with Gasteiger partial charge in [-0.25, -0.2) is 9.98 Å². The van der Waals surface area contributed by atoms with Crippen LogP contribution in [0.25, 0.3) is 17.1 Å². The second-order valence-electron chi connectivity index (χ2n) is 7.88. The number of amides is 1. The maximum Gasteiger partial charge on any atom is 0.276 e. The number of piperidine rings is 2. The molecule has 2 aromatic heterocycles. The molecule has 0 aromatic carbocycles. The van der Waals surface area contributed by atoms with Gasteiger partial charge in [-0.2, -0.15) is 0 Å². The zero-order valence-electron chi connectivity index (χ0n) is 17.2. The fraction of sp³-hybridized carbons (Fsp3) is 0.476. The van der Waals surface area contributed by atoms with E-state index < -0.39 is 0 Å². The number of H-pyrrole nitrogens is 1. The number of nitrogens with one attached hydrogen (secondary N) is 2. The lowest BCUT2D eigenvalue weighted by Gasteiger charge is -2.40. The van der Waals surface area contributed by atoms with Crippen molar-refractivity contribution in [3.8, 4) is 0 Å². The van der Waals surface area contributed by atoms with Crippen LogP contribution >= 0.6 is 37.2 Å². The van der Waals surface area contributed by atoms with Gasteiger partial charge in [0.05, 0.1) is 0 Å². The van der Waals surface area contributed by atoms with Crippen molar-refractivity contribution in [1.29, 1.82) is 0 Å². The number of pyridine rings is 1. The van der Waals surface area contributed by atoms with Crippen LogP contribution < -0.4 is 5.32 Å². The maximum absolute atomic E-state index is 12.4. The predicted octanol–water partition coefficient (Wildman–Crippen LogP) is 3.61. The molecule has 170 valence electrons. The molecule has 0 spiro atoms. The first kappa shape index (κ1) is 25.5. The maximum atomic E-state index is 12.4. The van der Waals surface area contributed by atoms with Crippen LogP contribution in [0.1, 0.15) is 37.7 Å². The first-order chi connectivity index (χ1) is 13.8. The molecule has 5 heterocycles. The number of fused-ring (bicyclic) bond motifs is 1. The number of hydrogen-bond donors (Lipinski definition) is 2. The Morgan fingerprint density at radius 3 is 2.52 bits per heavy atom. The minimum atomic E-state index is -0.133. The van der Waals surface area contributed by atoms with E-state index in [0.29, 0.717) is 17.7 Å². The number of halogens is 3. The zero-order chi connectivity index (χ0) is 18.9. The number of carbonyl (C=O) groups is 1. The highest BCUT2D eigenvalue weighted by Gasteiger charge is 2.30. The van der Waals surface area contributed by atoms with Gasteiger partial charge in [0.25, 0.3) is 5.91 Å². The lowest BCUT2D eigenvalue weighted by molar-refractivity contribution is -0.115. The van der Waals surface area contributed by atoms with Gasteiger partial charge in [0, 0.05) is 42.5 Å². The average Bonchev–Trinajstić information content (AvgIpc) is 3.33. The molecule has 5 rings (SSSR count). The molecule has 10 heteroatoms. The number of aromatic nitrogens is 2. The second kappa shape index (κ2) is 11.2. The number of rotatable bonds is 2. The lowest BCUT2D eigenvalue weighted by Crippen LogP contribution is -2.50. The number of likely N-dealkylation sites (tertiary alicyclic amines) is 2. The van der Waals surface area contributed by atoms with Crippen molar-refractivity contribution in [2.45, 2.75) is 38.1 Å². The Morgan fingerprint density at radius 2 is 1.77 bits per heavy atom. The molecule has 0 bridgehead atoms. The van der Waals surface area contributed by atoms with Crippen molar-refractivity contribution in [3.63, 3.8) is 0 Å². The lowest BCUT2D eigenvalue weighted by atomic mass is 10.00. The van der Waals surface area contributed by atoms with Gasteiger partial charge < -0.3 is 14.8 Å². The molecule has 2 aromatic rings. The van der Waals surface area contributed by atoms with Gasteiger partial charge in [0.1, 0.15) is 11.3 Å². The minimum absolute atomic E-state index is 0. The van der Waals surface area contributed by atoms with Crippen LogP contribution in [0, 0.1) is 0 Å². The third kappa shape index (κ3) is 5.34. The van der Waals surface area contributed by atoms with Crippen molar-refractivity contribution in [2.75, 3.05) is 26.2 Å². The van der Waals surface area contributed by atoms with Crippen molar-refractivity contribution >= 4 is 66.2 Å². The summed E-state index contributed by atoms with van der Waals surface area (Å²) in [6.45, 7) is 4.39. The molecule has 3 aliphatic rings. The number of carbonyl (C=O) groups excluding carboxylic acids is 1. The van der Waals surface area contributed by atoms with Gasteiger partial charge in [-0.15, -0.1) is 37.2 Å². The van der Waals surface area contributed by atoms with Crippen LogP contribution in [-0.4, -0.2) is 63.9 Å². The molecule has 0 unspecified atom stereocenters. The molecule has 3 aliphatic heterocycles. The monoisotopic (exact) mass is 486 g/mol. The van der Waals surface area contributed by atoms with E-state index in [-0.39, 0.29) is 43.1 Å². The molecule has 2 N–H and O–H groups in total. The van der Waals surface area contributed by atoms with Gasteiger partial charge in [-0.3, -0.25) is 10.1 Å². The summed E-state index contributed by atoms with van der Waals surface area (Å²) in [6.07, 6.45) is 11.8. The van der Waals surface area contributed by atoms with Gasteiger partial charge in [-0.1, -0.05) is 6.42 Å². The van der Waals surface area contributed by atoms with Gasteiger partial charge in [-0.05, 0) is 57.0 Å². The van der Waals surface area contributed by atoms with Crippen molar-refractivity contribution < 1.29 is 4.79 Å². The fourth-order valence-corrected chi connectivity index (χ4v) is 4.58. The summed E-state index contributed by atoms with van der Waals surface area (Å²) in [5.41, 5.74) is 2.21. The van der Waals surface area contributed by atoms with E-state index in [0.717, 1.165) is 42.5 Å². The molecule has 0 atom stereocenters. The number of hydrogen-bond acceptors (Lipinski definition) is 5. The summed E-state index contributed by atoms with van der Waals surface area (Å²) >= 11 is 0. The van der Waals surface area contributed by atoms with Crippen LogP contribution in [0.15, 0.2) is 35.2 Å². The van der Waals surface area contributed by atoms with Gasteiger partial charge >= 0.3 is 0 Å². The Labute approximate surface area is 201 Å². The first-order valence-electron chi connectivity index (χ1n) is 10.3. The van der Waals surface area contributed by atoms with E-state index in [4.69, 9.17) is 0 Å². The first-order valence-corrected chi connectivity index (χ1v) is 10.3. The molecule has 0 aliphatic carbocycles. The van der Waals surface area contributed by atoms with Gasteiger partial charge in [0.15, 0.2) is 0 Å². The molecule has 2 fully saturated rings. The van der Waals surface area contributed by atoms with E-state index in [1.807, 2.05) is 24.4 Å². The third-order valence-corrected chi connectivity index (χ3v) is 6.13. The van der Waals surface area contributed by atoms with Crippen LogP contribution in [0.5, 0.6) is 0 Å². The molecule has 1 amide bonds. The smallest absolute Gasteiger partial charge is 0.276 e. The highest BCUT2D eigenvalue weighted by molar-refractivity contribution is 6.14. The number of guanidine groups is 1. The normalized spacial score (nSPS) is 21.2. The summed E-state index contributed by atoms with van der Waals surface area (Å²) < 4.78 is 0. The largest absolute Gasteiger partial charge is 0.346 e. The molecule has 0 radical (unpaired) electrons. The van der Waals surface area contributed by atoms with Crippen molar-refractivity contribution in [3.05, 3.63) is 35.8 Å². The van der Waals surface area contributed by atoms with E-state index in [2.05, 4.69) is 30.1 Å². The quantitative estimate of drug-likeness (QED) is 0.635. The molecule has 2 saturated heterocycles. The summed E-state index contributed by atoms with van der Waals surface area (Å²) in [5.74, 6) is 0.567. The molecule has 7 nitrogen and oxygen atoms in total. The Balaban J connectivity index is 0.00000114. The standard InChI is InChI=1S/C21H26N6O.3ClH/c28-20-18(13-15-14-23-19-17(15)5-4-8-22-19)24-21(25-20)27-11-6-16(7-12-27)26-9-2-1-3-10-26;;;/h4-5,8,13-14,16H,1-3,6-7,9-12H2,(H,22,23)(H,24,25,28);3*1H. The van der Waals surface area contributed by atoms with E-state index in [1.165, 1.54) is 32.4 Å². The number of aromatic amines is 1. The summed E-state index contributed by atoms with van der Waals surface area (Å²) in [4.78, 5) is 29.4. The van der Waals surface area contributed by atoms with Crippen LogP contribution in [0.3, 0.4) is 0 Å². The van der Waals surface area contributed by atoms with Crippen molar-refractivity contribution in [1.82, 2.24) is 25.1 Å². The Hall–Kier alpha value is -1.80. The third-order valence-electron chi connectivity index (χ3n) is 6.13. The van der Waals surface area contributed by atoms with Crippen LogP contribution in [0.4, 0.5) is 0 Å².